The van der Waals surface area contributed by atoms with E-state index in [-0.39, 0.29) is 0 Å². The molecule has 0 fully saturated rings. The molecule has 0 saturated carbocycles. The van der Waals surface area contributed by atoms with Crippen molar-refractivity contribution in [2.45, 2.75) is 13.3 Å². The van der Waals surface area contributed by atoms with E-state index in [4.69, 9.17) is 15.2 Å². The van der Waals surface area contributed by atoms with E-state index in [9.17, 15) is 0 Å². The molecule has 1 aromatic rings. The van der Waals surface area contributed by atoms with Crippen LogP contribution in [0.3, 0.4) is 0 Å². The van der Waals surface area contributed by atoms with Crippen molar-refractivity contribution in [3.05, 3.63) is 29.8 Å². The standard InChI is InChI=1S/C14H24N2O2/c1-2-17-11-12-18-10-9-16-14-5-3-13(4-6-14)7-8-15/h3-6,16H,2,7-12,15H2,1H3. The third kappa shape index (κ3) is 6.59. The summed E-state index contributed by atoms with van der Waals surface area (Å²) in [5.41, 5.74) is 7.89. The molecule has 0 heterocycles. The van der Waals surface area contributed by atoms with Crippen molar-refractivity contribution < 1.29 is 9.47 Å². The topological polar surface area (TPSA) is 56.5 Å². The second kappa shape index (κ2) is 9.88. The third-order valence-electron chi connectivity index (χ3n) is 2.54. The number of ether oxygens (including phenoxy) is 2. The van der Waals surface area contributed by atoms with Gasteiger partial charge in [-0.15, -0.1) is 0 Å². The van der Waals surface area contributed by atoms with E-state index in [1.807, 2.05) is 6.92 Å². The van der Waals surface area contributed by atoms with E-state index in [1.165, 1.54) is 5.56 Å². The van der Waals surface area contributed by atoms with Crippen LogP contribution in [-0.4, -0.2) is 39.5 Å². The van der Waals surface area contributed by atoms with Gasteiger partial charge in [0.15, 0.2) is 0 Å². The zero-order chi connectivity index (χ0) is 13.1. The average Bonchev–Trinajstić information content (AvgIpc) is 2.40. The van der Waals surface area contributed by atoms with Crippen LogP contribution < -0.4 is 11.1 Å². The van der Waals surface area contributed by atoms with Gasteiger partial charge in [-0.2, -0.15) is 0 Å². The lowest BCUT2D eigenvalue weighted by Crippen LogP contribution is -2.12. The molecule has 0 atom stereocenters. The van der Waals surface area contributed by atoms with Crippen molar-refractivity contribution in [1.82, 2.24) is 0 Å². The molecule has 0 aliphatic heterocycles. The molecule has 3 N–H and O–H groups in total. The highest BCUT2D eigenvalue weighted by atomic mass is 16.5. The average molecular weight is 252 g/mol. The highest BCUT2D eigenvalue weighted by Gasteiger charge is 1.94. The molecule has 0 amide bonds. The minimum absolute atomic E-state index is 0.658. The SMILES string of the molecule is CCOCCOCCNc1ccc(CCN)cc1. The fourth-order valence-corrected chi connectivity index (χ4v) is 1.59. The highest BCUT2D eigenvalue weighted by molar-refractivity contribution is 5.44. The molecule has 1 rings (SSSR count). The van der Waals surface area contributed by atoms with Gasteiger partial charge in [-0.1, -0.05) is 12.1 Å². The molecule has 0 radical (unpaired) electrons. The Hall–Kier alpha value is -1.10. The lowest BCUT2D eigenvalue weighted by molar-refractivity contribution is 0.0570. The van der Waals surface area contributed by atoms with Crippen LogP contribution in [0.2, 0.25) is 0 Å². The van der Waals surface area contributed by atoms with Gasteiger partial charge in [0.25, 0.3) is 0 Å². The summed E-state index contributed by atoms with van der Waals surface area (Å²) in [5.74, 6) is 0. The molecule has 0 aliphatic carbocycles. The van der Waals surface area contributed by atoms with Gasteiger partial charge in [-0.3, -0.25) is 0 Å². The molecular weight excluding hydrogens is 228 g/mol. The quantitative estimate of drug-likeness (QED) is 0.622. The van der Waals surface area contributed by atoms with Crippen molar-refractivity contribution in [1.29, 1.82) is 0 Å². The van der Waals surface area contributed by atoms with Gasteiger partial charge in [0.05, 0.1) is 19.8 Å². The first-order valence-electron chi connectivity index (χ1n) is 6.55. The van der Waals surface area contributed by atoms with Crippen LogP contribution in [0.15, 0.2) is 24.3 Å². The number of benzene rings is 1. The van der Waals surface area contributed by atoms with Crippen LogP contribution in [0, 0.1) is 0 Å². The Kier molecular flexibility index (Phi) is 8.21. The van der Waals surface area contributed by atoms with Crippen molar-refractivity contribution in [2.75, 3.05) is 44.8 Å². The van der Waals surface area contributed by atoms with E-state index in [1.54, 1.807) is 0 Å². The first kappa shape index (κ1) is 15.0. The van der Waals surface area contributed by atoms with Crippen molar-refractivity contribution >= 4 is 5.69 Å². The van der Waals surface area contributed by atoms with E-state index < -0.39 is 0 Å². The van der Waals surface area contributed by atoms with E-state index in [2.05, 4.69) is 29.6 Å². The smallest absolute Gasteiger partial charge is 0.0701 e. The van der Waals surface area contributed by atoms with Crippen LogP contribution >= 0.6 is 0 Å². The summed E-state index contributed by atoms with van der Waals surface area (Å²) in [6, 6.07) is 8.35. The Morgan fingerprint density at radius 3 is 2.44 bits per heavy atom. The van der Waals surface area contributed by atoms with Crippen LogP contribution in [0.1, 0.15) is 12.5 Å². The zero-order valence-electron chi connectivity index (χ0n) is 11.2. The van der Waals surface area contributed by atoms with Crippen molar-refractivity contribution in [3.8, 4) is 0 Å². The molecule has 0 aromatic heterocycles. The maximum absolute atomic E-state index is 5.50. The molecule has 18 heavy (non-hydrogen) atoms. The largest absolute Gasteiger partial charge is 0.383 e. The molecule has 0 bridgehead atoms. The second-order valence-corrected chi connectivity index (χ2v) is 3.97. The summed E-state index contributed by atoms with van der Waals surface area (Å²) >= 11 is 0. The van der Waals surface area contributed by atoms with Crippen LogP contribution in [-0.2, 0) is 15.9 Å². The Labute approximate surface area is 109 Å². The fraction of sp³-hybridized carbons (Fsp3) is 0.571. The Morgan fingerprint density at radius 2 is 1.78 bits per heavy atom. The Balaban J connectivity index is 2.08. The molecule has 1 aromatic carbocycles. The van der Waals surface area contributed by atoms with Gasteiger partial charge in [-0.25, -0.2) is 0 Å². The normalized spacial score (nSPS) is 10.6. The number of nitrogens with two attached hydrogens (primary N) is 1. The molecule has 4 nitrogen and oxygen atoms in total. The van der Waals surface area contributed by atoms with Gasteiger partial charge in [0, 0.05) is 18.8 Å². The number of anilines is 1. The lowest BCUT2D eigenvalue weighted by Gasteiger charge is -2.08. The molecule has 0 aliphatic rings. The Bertz CT molecular complexity index is 301. The summed E-state index contributed by atoms with van der Waals surface area (Å²) in [7, 11) is 0. The van der Waals surface area contributed by atoms with Crippen LogP contribution in [0.4, 0.5) is 5.69 Å². The van der Waals surface area contributed by atoms with Gasteiger partial charge in [0.2, 0.25) is 0 Å². The van der Waals surface area contributed by atoms with Gasteiger partial charge >= 0.3 is 0 Å². The van der Waals surface area contributed by atoms with Gasteiger partial charge in [-0.05, 0) is 37.6 Å². The summed E-state index contributed by atoms with van der Waals surface area (Å²) in [4.78, 5) is 0. The first-order valence-corrected chi connectivity index (χ1v) is 6.55. The second-order valence-electron chi connectivity index (χ2n) is 3.97. The van der Waals surface area contributed by atoms with Crippen LogP contribution in [0.25, 0.3) is 0 Å². The van der Waals surface area contributed by atoms with Crippen molar-refractivity contribution in [3.63, 3.8) is 0 Å². The predicted molar refractivity (Wildman–Crippen MR) is 75.0 cm³/mol. The van der Waals surface area contributed by atoms with Gasteiger partial charge in [0.1, 0.15) is 0 Å². The molecular formula is C14H24N2O2. The highest BCUT2D eigenvalue weighted by Crippen LogP contribution is 2.09. The summed E-state index contributed by atoms with van der Waals surface area (Å²) in [6.07, 6.45) is 0.931. The maximum Gasteiger partial charge on any atom is 0.0701 e. The summed E-state index contributed by atoms with van der Waals surface area (Å²) < 4.78 is 10.6. The summed E-state index contributed by atoms with van der Waals surface area (Å²) in [6.45, 7) is 6.25. The molecule has 4 heteroatoms. The van der Waals surface area contributed by atoms with Crippen molar-refractivity contribution in [2.24, 2.45) is 5.73 Å². The number of rotatable bonds is 10. The zero-order valence-corrected chi connectivity index (χ0v) is 11.2. The number of hydrogen-bond donors (Lipinski definition) is 2. The summed E-state index contributed by atoms with van der Waals surface area (Å²) in [5, 5.41) is 3.31. The van der Waals surface area contributed by atoms with Crippen LogP contribution in [0.5, 0.6) is 0 Å². The molecule has 102 valence electrons. The van der Waals surface area contributed by atoms with E-state index in [0.717, 1.165) is 25.3 Å². The number of hydrogen-bond acceptors (Lipinski definition) is 4. The monoisotopic (exact) mass is 252 g/mol. The minimum Gasteiger partial charge on any atom is -0.383 e. The van der Waals surface area contributed by atoms with Gasteiger partial charge < -0.3 is 20.5 Å². The number of nitrogens with one attached hydrogen (secondary N) is 1. The Morgan fingerprint density at radius 1 is 1.06 bits per heavy atom. The minimum atomic E-state index is 0.658. The molecule has 0 unspecified atom stereocenters. The third-order valence-corrected chi connectivity index (χ3v) is 2.54. The fourth-order valence-electron chi connectivity index (χ4n) is 1.59. The first-order chi connectivity index (χ1) is 8.86. The van der Waals surface area contributed by atoms with E-state index >= 15 is 0 Å². The molecule has 0 saturated heterocycles. The lowest BCUT2D eigenvalue weighted by atomic mass is 10.1. The predicted octanol–water partition coefficient (Wildman–Crippen LogP) is 1.65. The molecule has 0 spiro atoms. The maximum atomic E-state index is 5.50. The van der Waals surface area contributed by atoms with E-state index in [0.29, 0.717) is 26.4 Å².